The van der Waals surface area contributed by atoms with Crippen LogP contribution in [-0.4, -0.2) is 46.4 Å². The minimum atomic E-state index is -0.218. The Hall–Kier alpha value is -3.69. The molecule has 10 heteroatoms. The summed E-state index contributed by atoms with van der Waals surface area (Å²) in [5, 5.41) is 3.57. The summed E-state index contributed by atoms with van der Waals surface area (Å²) in [6.07, 6.45) is 6.28. The standard InChI is InChI=1S/C27H27N5O4.ClH/c1-34-25-8-7-22-27(31-25)32(26(33)16-30-22)20-5-6-21-17(11-20)3-2-4-18(21)13-28-14-19-12-23-24(15-29-19)36-10-9-35-23;/h5-8,11-12,15-16,18,28H,2-4,9-10,13-14H2,1H3;1H. The van der Waals surface area contributed by atoms with E-state index in [1.165, 1.54) is 17.3 Å². The van der Waals surface area contributed by atoms with Crippen molar-refractivity contribution in [3.05, 3.63) is 76.0 Å². The Morgan fingerprint density at radius 3 is 2.81 bits per heavy atom. The van der Waals surface area contributed by atoms with Gasteiger partial charge in [0.1, 0.15) is 18.7 Å². The fourth-order valence-corrected chi connectivity index (χ4v) is 5.05. The monoisotopic (exact) mass is 521 g/mol. The molecule has 9 nitrogen and oxygen atoms in total. The topological polar surface area (TPSA) is 100 Å². The number of rotatable bonds is 6. The van der Waals surface area contributed by atoms with E-state index in [0.717, 1.165) is 42.9 Å². The van der Waals surface area contributed by atoms with Crippen LogP contribution < -0.4 is 25.1 Å². The molecule has 1 aliphatic heterocycles. The summed E-state index contributed by atoms with van der Waals surface area (Å²) in [7, 11) is 1.56. The van der Waals surface area contributed by atoms with Crippen LogP contribution in [0.2, 0.25) is 0 Å². The van der Waals surface area contributed by atoms with Crippen molar-refractivity contribution in [1.82, 2.24) is 24.8 Å². The molecule has 6 rings (SSSR count). The van der Waals surface area contributed by atoms with Crippen molar-refractivity contribution in [2.75, 3.05) is 26.9 Å². The lowest BCUT2D eigenvalue weighted by Crippen LogP contribution is -2.25. The fourth-order valence-electron chi connectivity index (χ4n) is 5.05. The Kier molecular flexibility index (Phi) is 7.25. The molecule has 0 amide bonds. The molecule has 1 unspecified atom stereocenters. The minimum absolute atomic E-state index is 0. The van der Waals surface area contributed by atoms with E-state index in [1.54, 1.807) is 23.9 Å². The molecule has 4 heterocycles. The van der Waals surface area contributed by atoms with Gasteiger partial charge in [0, 0.05) is 25.2 Å². The first-order chi connectivity index (χ1) is 17.7. The highest BCUT2D eigenvalue weighted by Gasteiger charge is 2.21. The molecule has 0 bridgehead atoms. The highest BCUT2D eigenvalue weighted by atomic mass is 35.5. The summed E-state index contributed by atoms with van der Waals surface area (Å²) >= 11 is 0. The van der Waals surface area contributed by atoms with Gasteiger partial charge in [0.25, 0.3) is 5.56 Å². The van der Waals surface area contributed by atoms with Gasteiger partial charge >= 0.3 is 0 Å². The second-order valence-corrected chi connectivity index (χ2v) is 9.05. The first kappa shape index (κ1) is 25.0. The maximum Gasteiger partial charge on any atom is 0.275 e. The lowest BCUT2D eigenvalue weighted by atomic mass is 9.82. The van der Waals surface area contributed by atoms with Crippen molar-refractivity contribution in [3.8, 4) is 23.1 Å². The zero-order valence-electron chi connectivity index (χ0n) is 20.5. The average molecular weight is 522 g/mol. The van der Waals surface area contributed by atoms with E-state index < -0.39 is 0 Å². The molecule has 37 heavy (non-hydrogen) atoms. The van der Waals surface area contributed by atoms with Crippen LogP contribution in [0.15, 0.2) is 53.6 Å². The van der Waals surface area contributed by atoms with Gasteiger partial charge < -0.3 is 19.5 Å². The van der Waals surface area contributed by atoms with E-state index in [2.05, 4.69) is 32.4 Å². The van der Waals surface area contributed by atoms with Crippen LogP contribution in [0, 0.1) is 0 Å². The molecule has 0 saturated heterocycles. The number of fused-ring (bicyclic) bond motifs is 3. The molecule has 3 aromatic heterocycles. The van der Waals surface area contributed by atoms with E-state index in [4.69, 9.17) is 14.2 Å². The molecule has 1 N–H and O–H groups in total. The van der Waals surface area contributed by atoms with E-state index >= 15 is 0 Å². The number of hydrogen-bond acceptors (Lipinski definition) is 8. The van der Waals surface area contributed by atoms with Gasteiger partial charge in [0.2, 0.25) is 5.88 Å². The number of pyridine rings is 2. The maximum absolute atomic E-state index is 12.8. The largest absolute Gasteiger partial charge is 0.486 e. The molecule has 1 aliphatic carbocycles. The highest BCUT2D eigenvalue weighted by Crippen LogP contribution is 2.33. The predicted molar refractivity (Wildman–Crippen MR) is 142 cm³/mol. The number of benzene rings is 1. The van der Waals surface area contributed by atoms with Gasteiger partial charge in [-0.2, -0.15) is 4.98 Å². The van der Waals surface area contributed by atoms with Crippen molar-refractivity contribution in [1.29, 1.82) is 0 Å². The summed E-state index contributed by atoms with van der Waals surface area (Å²) < 4.78 is 18.1. The third kappa shape index (κ3) is 4.97. The molecule has 192 valence electrons. The minimum Gasteiger partial charge on any atom is -0.486 e. The number of methoxy groups -OCH3 is 1. The van der Waals surface area contributed by atoms with Gasteiger partial charge in [-0.25, -0.2) is 4.98 Å². The van der Waals surface area contributed by atoms with E-state index in [0.29, 0.717) is 48.5 Å². The van der Waals surface area contributed by atoms with Crippen LogP contribution in [0.4, 0.5) is 0 Å². The average Bonchev–Trinajstić information content (AvgIpc) is 2.92. The summed E-state index contributed by atoms with van der Waals surface area (Å²) in [6.45, 7) is 2.63. The Balaban J connectivity index is 0.00000280. The van der Waals surface area contributed by atoms with Crippen LogP contribution >= 0.6 is 12.4 Å². The number of hydrogen-bond donors (Lipinski definition) is 1. The quantitative estimate of drug-likeness (QED) is 0.411. The van der Waals surface area contributed by atoms with Crippen LogP contribution in [0.25, 0.3) is 16.9 Å². The van der Waals surface area contributed by atoms with Crippen molar-refractivity contribution in [2.45, 2.75) is 31.7 Å². The van der Waals surface area contributed by atoms with Crippen LogP contribution in [-0.2, 0) is 13.0 Å². The summed E-state index contributed by atoms with van der Waals surface area (Å²) in [5.41, 5.74) is 5.22. The number of nitrogens with one attached hydrogen (secondary N) is 1. The SMILES string of the molecule is COc1ccc2ncc(=O)n(-c3ccc4c(c3)CCCC4CNCc3cc4c(cn3)OCCO4)c2n1.Cl. The molecular weight excluding hydrogens is 494 g/mol. The van der Waals surface area contributed by atoms with Gasteiger partial charge in [-0.15, -0.1) is 12.4 Å². The van der Waals surface area contributed by atoms with Crippen molar-refractivity contribution in [2.24, 2.45) is 0 Å². The number of aryl methyl sites for hydroxylation is 1. The number of halogens is 1. The van der Waals surface area contributed by atoms with Crippen molar-refractivity contribution >= 4 is 23.6 Å². The third-order valence-electron chi connectivity index (χ3n) is 6.79. The van der Waals surface area contributed by atoms with Crippen LogP contribution in [0.1, 0.15) is 35.6 Å². The van der Waals surface area contributed by atoms with E-state index in [9.17, 15) is 4.79 Å². The Morgan fingerprint density at radius 1 is 1.08 bits per heavy atom. The van der Waals surface area contributed by atoms with Gasteiger partial charge in [0.15, 0.2) is 17.1 Å². The molecule has 1 atom stereocenters. The Bertz CT molecular complexity index is 1490. The Labute approximate surface area is 220 Å². The number of aromatic nitrogens is 4. The summed E-state index contributed by atoms with van der Waals surface area (Å²) in [5.74, 6) is 2.30. The molecule has 1 aromatic carbocycles. The van der Waals surface area contributed by atoms with Crippen molar-refractivity contribution in [3.63, 3.8) is 0 Å². The highest BCUT2D eigenvalue weighted by molar-refractivity contribution is 5.85. The molecule has 0 radical (unpaired) electrons. The second kappa shape index (κ2) is 10.7. The summed E-state index contributed by atoms with van der Waals surface area (Å²) in [4.78, 5) is 26.1. The zero-order valence-corrected chi connectivity index (χ0v) is 21.3. The lowest BCUT2D eigenvalue weighted by molar-refractivity contribution is 0.170. The van der Waals surface area contributed by atoms with Crippen molar-refractivity contribution < 1.29 is 14.2 Å². The van der Waals surface area contributed by atoms with E-state index in [-0.39, 0.29) is 18.0 Å². The normalized spacial score (nSPS) is 16.1. The molecule has 0 spiro atoms. The van der Waals surface area contributed by atoms with Crippen LogP contribution in [0.3, 0.4) is 0 Å². The van der Waals surface area contributed by atoms with E-state index in [1.807, 2.05) is 18.2 Å². The second-order valence-electron chi connectivity index (χ2n) is 9.05. The lowest BCUT2D eigenvalue weighted by Gasteiger charge is -2.27. The summed E-state index contributed by atoms with van der Waals surface area (Å²) in [6, 6.07) is 11.8. The van der Waals surface area contributed by atoms with Gasteiger partial charge in [0.05, 0.1) is 30.9 Å². The van der Waals surface area contributed by atoms with Gasteiger partial charge in [-0.05, 0) is 54.5 Å². The number of ether oxygens (including phenoxy) is 3. The maximum atomic E-state index is 12.8. The zero-order chi connectivity index (χ0) is 24.5. The van der Waals surface area contributed by atoms with Crippen LogP contribution in [0.5, 0.6) is 17.4 Å². The predicted octanol–water partition coefficient (Wildman–Crippen LogP) is 3.59. The molecule has 4 aromatic rings. The molecular formula is C27H28ClN5O4. The van der Waals surface area contributed by atoms with Gasteiger partial charge in [-0.1, -0.05) is 6.07 Å². The smallest absolute Gasteiger partial charge is 0.275 e. The third-order valence-corrected chi connectivity index (χ3v) is 6.79. The molecule has 0 fully saturated rings. The first-order valence-corrected chi connectivity index (χ1v) is 12.2. The first-order valence-electron chi connectivity index (χ1n) is 12.2. The van der Waals surface area contributed by atoms with Gasteiger partial charge in [-0.3, -0.25) is 14.3 Å². The fraction of sp³-hybridized carbons (Fsp3) is 0.333. The molecule has 0 saturated carbocycles. The molecule has 2 aliphatic rings. The number of nitrogens with zero attached hydrogens (tertiary/aromatic N) is 4. The Morgan fingerprint density at radius 2 is 1.95 bits per heavy atom.